The van der Waals surface area contributed by atoms with Crippen molar-refractivity contribution < 1.29 is 9.26 Å². The quantitative estimate of drug-likeness (QED) is 0.815. The number of nitrogens with one attached hydrogen (secondary N) is 1. The topological polar surface area (TPSA) is 60.2 Å². The molecule has 1 heterocycles. The second kappa shape index (κ2) is 7.36. The lowest BCUT2D eigenvalue weighted by Gasteiger charge is -2.23. The van der Waals surface area contributed by atoms with E-state index in [0.717, 1.165) is 18.9 Å². The molecular formula is C16H29N3O2. The molecule has 0 radical (unpaired) electrons. The van der Waals surface area contributed by atoms with Gasteiger partial charge in [-0.25, -0.2) is 0 Å². The lowest BCUT2D eigenvalue weighted by molar-refractivity contribution is -0.0221. The lowest BCUT2D eigenvalue weighted by atomic mass is 9.94. The maximum Gasteiger partial charge on any atom is 0.231 e. The second-order valence-corrected chi connectivity index (χ2v) is 6.31. The Morgan fingerprint density at radius 2 is 2.00 bits per heavy atom. The summed E-state index contributed by atoms with van der Waals surface area (Å²) < 4.78 is 11.3. The zero-order valence-electron chi connectivity index (χ0n) is 13.8. The van der Waals surface area contributed by atoms with Crippen molar-refractivity contribution in [2.75, 3.05) is 13.2 Å². The van der Waals surface area contributed by atoms with Crippen LogP contribution in [0.15, 0.2) is 4.52 Å². The van der Waals surface area contributed by atoms with Crippen LogP contribution in [0.4, 0.5) is 0 Å². The predicted octanol–water partition coefficient (Wildman–Crippen LogP) is 3.37. The zero-order chi connectivity index (χ0) is 15.3. The summed E-state index contributed by atoms with van der Waals surface area (Å²) in [5.74, 6) is 1.75. The first-order chi connectivity index (χ1) is 10.1. The molecule has 0 spiro atoms. The van der Waals surface area contributed by atoms with Crippen LogP contribution in [0.2, 0.25) is 0 Å². The smallest absolute Gasteiger partial charge is 0.231 e. The van der Waals surface area contributed by atoms with Crippen molar-refractivity contribution in [2.45, 2.75) is 77.4 Å². The number of rotatable bonds is 6. The number of hydrogen-bond donors (Lipinski definition) is 1. The van der Waals surface area contributed by atoms with Gasteiger partial charge in [-0.15, -0.1) is 0 Å². The van der Waals surface area contributed by atoms with E-state index in [1.165, 1.54) is 25.7 Å². The van der Waals surface area contributed by atoms with Gasteiger partial charge >= 0.3 is 0 Å². The van der Waals surface area contributed by atoms with Crippen LogP contribution in [0.5, 0.6) is 0 Å². The summed E-state index contributed by atoms with van der Waals surface area (Å²) in [5.41, 5.74) is -0.491. The van der Waals surface area contributed by atoms with Crippen LogP contribution >= 0.6 is 0 Å². The van der Waals surface area contributed by atoms with Gasteiger partial charge in [0.1, 0.15) is 5.60 Å². The minimum atomic E-state index is -0.491. The van der Waals surface area contributed by atoms with E-state index in [-0.39, 0.29) is 0 Å². The molecule has 1 fully saturated rings. The maximum atomic E-state index is 5.71. The molecule has 0 saturated heterocycles. The van der Waals surface area contributed by atoms with Gasteiger partial charge in [0.2, 0.25) is 11.7 Å². The SMILES string of the molecule is CCNC1CCCCCC1c1nc(C(C)(C)OCC)no1. The number of hydrogen-bond acceptors (Lipinski definition) is 5. The van der Waals surface area contributed by atoms with E-state index in [1.807, 2.05) is 20.8 Å². The van der Waals surface area contributed by atoms with E-state index < -0.39 is 5.60 Å². The van der Waals surface area contributed by atoms with E-state index in [1.54, 1.807) is 0 Å². The number of ether oxygens (including phenoxy) is 1. The molecule has 1 aliphatic carbocycles. The van der Waals surface area contributed by atoms with Crippen LogP contribution in [-0.2, 0) is 10.3 Å². The van der Waals surface area contributed by atoms with Gasteiger partial charge in [0.25, 0.3) is 0 Å². The third kappa shape index (κ3) is 4.04. The summed E-state index contributed by atoms with van der Waals surface area (Å²) in [6, 6.07) is 0.445. The van der Waals surface area contributed by atoms with Gasteiger partial charge in [-0.2, -0.15) is 4.98 Å². The molecule has 5 heteroatoms. The summed E-state index contributed by atoms with van der Waals surface area (Å²) >= 11 is 0. The van der Waals surface area contributed by atoms with E-state index >= 15 is 0 Å². The van der Waals surface area contributed by atoms with Crippen molar-refractivity contribution in [1.29, 1.82) is 0 Å². The Kier molecular flexibility index (Phi) is 5.76. The van der Waals surface area contributed by atoms with Crippen molar-refractivity contribution in [1.82, 2.24) is 15.5 Å². The van der Waals surface area contributed by atoms with Crippen LogP contribution in [0.1, 0.15) is 77.4 Å². The van der Waals surface area contributed by atoms with Gasteiger partial charge in [-0.3, -0.25) is 0 Å². The fourth-order valence-electron chi connectivity index (χ4n) is 3.17. The standard InChI is InChI=1S/C16H29N3O2/c1-5-17-13-11-9-7-8-10-12(13)14-18-15(19-21-14)16(3,4)20-6-2/h12-13,17H,5-11H2,1-4H3. The lowest BCUT2D eigenvalue weighted by Crippen LogP contribution is -2.34. The molecule has 1 aliphatic rings. The summed E-state index contributed by atoms with van der Waals surface area (Å²) in [6.45, 7) is 9.72. The van der Waals surface area contributed by atoms with Crippen LogP contribution in [0.3, 0.4) is 0 Å². The van der Waals surface area contributed by atoms with Gasteiger partial charge in [-0.1, -0.05) is 31.3 Å². The molecule has 0 aliphatic heterocycles. The Morgan fingerprint density at radius 1 is 1.24 bits per heavy atom. The number of aromatic nitrogens is 2. The molecular weight excluding hydrogens is 266 g/mol. The van der Waals surface area contributed by atoms with E-state index in [0.29, 0.717) is 24.4 Å². The molecule has 21 heavy (non-hydrogen) atoms. The van der Waals surface area contributed by atoms with Crippen molar-refractivity contribution >= 4 is 0 Å². The van der Waals surface area contributed by atoms with Crippen LogP contribution in [0, 0.1) is 0 Å². The van der Waals surface area contributed by atoms with Crippen molar-refractivity contribution in [3.05, 3.63) is 11.7 Å². The monoisotopic (exact) mass is 295 g/mol. The fraction of sp³-hybridized carbons (Fsp3) is 0.875. The highest BCUT2D eigenvalue weighted by atomic mass is 16.5. The Morgan fingerprint density at radius 3 is 2.71 bits per heavy atom. The average Bonchev–Trinajstić information content (AvgIpc) is 2.82. The van der Waals surface area contributed by atoms with E-state index in [9.17, 15) is 0 Å². The minimum absolute atomic E-state index is 0.325. The zero-order valence-corrected chi connectivity index (χ0v) is 13.8. The van der Waals surface area contributed by atoms with Crippen LogP contribution in [-0.4, -0.2) is 29.3 Å². The van der Waals surface area contributed by atoms with Crippen molar-refractivity contribution in [2.24, 2.45) is 0 Å². The van der Waals surface area contributed by atoms with Crippen LogP contribution < -0.4 is 5.32 Å². The van der Waals surface area contributed by atoms with Gasteiger partial charge in [0, 0.05) is 12.6 Å². The molecule has 0 aromatic carbocycles. The van der Waals surface area contributed by atoms with E-state index in [4.69, 9.17) is 9.26 Å². The van der Waals surface area contributed by atoms with Crippen molar-refractivity contribution in [3.63, 3.8) is 0 Å². The van der Waals surface area contributed by atoms with Gasteiger partial charge in [0.15, 0.2) is 0 Å². The first kappa shape index (κ1) is 16.4. The Labute approximate surface area is 127 Å². The fourth-order valence-corrected chi connectivity index (χ4v) is 3.17. The highest BCUT2D eigenvalue weighted by molar-refractivity contribution is 5.04. The molecule has 1 saturated carbocycles. The molecule has 1 aromatic rings. The van der Waals surface area contributed by atoms with E-state index in [2.05, 4.69) is 22.4 Å². The average molecular weight is 295 g/mol. The number of likely N-dealkylation sites (N-methyl/N-ethyl adjacent to an activating group) is 1. The Bertz CT molecular complexity index is 431. The predicted molar refractivity (Wildman–Crippen MR) is 82.2 cm³/mol. The van der Waals surface area contributed by atoms with Gasteiger partial charge < -0.3 is 14.6 Å². The van der Waals surface area contributed by atoms with Crippen molar-refractivity contribution in [3.8, 4) is 0 Å². The first-order valence-electron chi connectivity index (χ1n) is 8.30. The molecule has 2 atom stereocenters. The summed E-state index contributed by atoms with van der Waals surface area (Å²) in [7, 11) is 0. The van der Waals surface area contributed by atoms with Gasteiger partial charge in [-0.05, 0) is 40.2 Å². The molecule has 0 bridgehead atoms. The molecule has 120 valence electrons. The largest absolute Gasteiger partial charge is 0.368 e. The third-order valence-corrected chi connectivity index (χ3v) is 4.28. The molecule has 1 aromatic heterocycles. The summed E-state index contributed by atoms with van der Waals surface area (Å²) in [5, 5.41) is 7.76. The minimum Gasteiger partial charge on any atom is -0.368 e. The number of nitrogens with zero attached hydrogens (tertiary/aromatic N) is 2. The summed E-state index contributed by atoms with van der Waals surface area (Å²) in [4.78, 5) is 4.66. The first-order valence-corrected chi connectivity index (χ1v) is 8.30. The normalized spacial score (nSPS) is 24.0. The summed E-state index contributed by atoms with van der Waals surface area (Å²) in [6.07, 6.45) is 6.11. The highest BCUT2D eigenvalue weighted by Crippen LogP contribution is 2.32. The molecule has 0 amide bonds. The molecule has 2 unspecified atom stereocenters. The molecule has 2 rings (SSSR count). The van der Waals surface area contributed by atoms with Crippen LogP contribution in [0.25, 0.3) is 0 Å². The Balaban J connectivity index is 2.17. The van der Waals surface area contributed by atoms with Gasteiger partial charge in [0.05, 0.1) is 5.92 Å². The highest BCUT2D eigenvalue weighted by Gasteiger charge is 2.32. The Hall–Kier alpha value is -0.940. The molecule has 1 N–H and O–H groups in total. The third-order valence-electron chi connectivity index (χ3n) is 4.28. The molecule has 5 nitrogen and oxygen atoms in total. The maximum absolute atomic E-state index is 5.71. The second-order valence-electron chi connectivity index (χ2n) is 6.31.